The Labute approximate surface area is 154 Å². The molecule has 0 atom stereocenters. The molecule has 1 heterocycles. The Hall–Kier alpha value is -1.78. The van der Waals surface area contributed by atoms with Crippen molar-refractivity contribution in [1.82, 2.24) is 4.98 Å². The maximum Gasteiger partial charge on any atom is 0.152 e. The van der Waals surface area contributed by atoms with E-state index >= 15 is 0 Å². The second-order valence-corrected chi connectivity index (χ2v) is 6.80. The summed E-state index contributed by atoms with van der Waals surface area (Å²) >= 11 is 9.71. The fraction of sp³-hybridized carbons (Fsp3) is 0.211. The highest BCUT2D eigenvalue weighted by atomic mass is 79.9. The summed E-state index contributed by atoms with van der Waals surface area (Å²) in [6, 6.07) is 11.9. The zero-order valence-electron chi connectivity index (χ0n) is 13.5. The minimum absolute atomic E-state index is 0.393. The summed E-state index contributed by atoms with van der Waals surface area (Å²) in [6.45, 7) is 4.80. The molecule has 0 saturated carbocycles. The van der Waals surface area contributed by atoms with Crippen LogP contribution in [0, 0.1) is 13.8 Å². The lowest BCUT2D eigenvalue weighted by Gasteiger charge is -2.14. The minimum Gasteiger partial charge on any atom is -0.487 e. The van der Waals surface area contributed by atoms with Gasteiger partial charge in [0.2, 0.25) is 0 Å². The molecular weight excluding hydrogens is 390 g/mol. The average Bonchev–Trinajstić information content (AvgIpc) is 2.55. The molecule has 124 valence electrons. The molecule has 0 bridgehead atoms. The fourth-order valence-corrected chi connectivity index (χ4v) is 3.65. The predicted octanol–water partition coefficient (Wildman–Crippen LogP) is 5.73. The third-order valence-corrected chi connectivity index (χ3v) is 4.51. The highest BCUT2D eigenvalue weighted by Gasteiger charge is 2.10. The number of halogens is 2. The fourth-order valence-electron chi connectivity index (χ4n) is 2.51. The number of aryl methyl sites for hydroxylation is 2. The molecule has 0 fully saturated rings. The molecule has 1 aromatic heterocycles. The summed E-state index contributed by atoms with van der Waals surface area (Å²) in [7, 11) is 0. The largest absolute Gasteiger partial charge is 0.487 e. The molecule has 0 aliphatic heterocycles. The summed E-state index contributed by atoms with van der Waals surface area (Å²) in [6.07, 6.45) is 1.77. The molecule has 0 amide bonds. The Kier molecular flexibility index (Phi) is 5.27. The standard InChI is InChI=1S/C19H17BrClNO2/c1-12-10-15(20)19(16(21)11-12)24-9-8-23-18-13(2)5-6-14-4-3-7-22-17(14)18/h3-7,10-11H,8-9H2,1-2H3. The van der Waals surface area contributed by atoms with E-state index < -0.39 is 0 Å². The third-order valence-electron chi connectivity index (χ3n) is 3.64. The van der Waals surface area contributed by atoms with E-state index in [-0.39, 0.29) is 0 Å². The zero-order chi connectivity index (χ0) is 17.1. The van der Waals surface area contributed by atoms with Crippen LogP contribution in [0.4, 0.5) is 0 Å². The molecule has 0 radical (unpaired) electrons. The number of rotatable bonds is 5. The van der Waals surface area contributed by atoms with E-state index in [9.17, 15) is 0 Å². The summed E-state index contributed by atoms with van der Waals surface area (Å²) in [4.78, 5) is 4.42. The zero-order valence-corrected chi connectivity index (χ0v) is 15.8. The van der Waals surface area contributed by atoms with Crippen molar-refractivity contribution in [3.05, 3.63) is 63.2 Å². The number of pyridine rings is 1. The number of fused-ring (bicyclic) bond motifs is 1. The SMILES string of the molecule is Cc1cc(Cl)c(OCCOc2c(C)ccc3cccnc23)c(Br)c1. The summed E-state index contributed by atoms with van der Waals surface area (Å²) in [5.41, 5.74) is 3.00. The highest BCUT2D eigenvalue weighted by Crippen LogP contribution is 2.34. The lowest BCUT2D eigenvalue weighted by molar-refractivity contribution is 0.217. The van der Waals surface area contributed by atoms with E-state index in [1.54, 1.807) is 6.20 Å². The number of aromatic nitrogens is 1. The minimum atomic E-state index is 0.393. The Bertz CT molecular complexity index is 859. The van der Waals surface area contributed by atoms with Crippen molar-refractivity contribution in [2.24, 2.45) is 0 Å². The van der Waals surface area contributed by atoms with E-state index in [2.05, 4.69) is 20.9 Å². The van der Waals surface area contributed by atoms with Crippen LogP contribution >= 0.6 is 27.5 Å². The van der Waals surface area contributed by atoms with Crippen molar-refractivity contribution in [1.29, 1.82) is 0 Å². The molecule has 0 spiro atoms. The molecule has 3 rings (SSSR count). The maximum atomic E-state index is 6.23. The smallest absolute Gasteiger partial charge is 0.152 e. The van der Waals surface area contributed by atoms with Crippen LogP contribution < -0.4 is 9.47 Å². The summed E-state index contributed by atoms with van der Waals surface area (Å²) < 4.78 is 12.5. The second kappa shape index (κ2) is 7.41. The summed E-state index contributed by atoms with van der Waals surface area (Å²) in [5, 5.41) is 1.65. The monoisotopic (exact) mass is 405 g/mol. The average molecular weight is 407 g/mol. The number of hydrogen-bond donors (Lipinski definition) is 0. The van der Waals surface area contributed by atoms with Gasteiger partial charge in [-0.3, -0.25) is 4.98 Å². The second-order valence-electron chi connectivity index (χ2n) is 5.54. The van der Waals surface area contributed by atoms with Crippen LogP contribution in [0.1, 0.15) is 11.1 Å². The lowest BCUT2D eigenvalue weighted by atomic mass is 10.1. The molecule has 0 saturated heterocycles. The van der Waals surface area contributed by atoms with Crippen molar-refractivity contribution in [2.75, 3.05) is 13.2 Å². The first-order chi connectivity index (χ1) is 11.6. The Balaban J connectivity index is 1.69. The van der Waals surface area contributed by atoms with E-state index in [0.717, 1.165) is 32.3 Å². The van der Waals surface area contributed by atoms with Crippen molar-refractivity contribution in [2.45, 2.75) is 13.8 Å². The van der Waals surface area contributed by atoms with E-state index in [0.29, 0.717) is 24.0 Å². The van der Waals surface area contributed by atoms with Gasteiger partial charge in [-0.05, 0) is 59.1 Å². The van der Waals surface area contributed by atoms with Gasteiger partial charge in [-0.1, -0.05) is 29.8 Å². The molecule has 0 aliphatic carbocycles. The first-order valence-electron chi connectivity index (χ1n) is 7.62. The van der Waals surface area contributed by atoms with Gasteiger partial charge in [-0.2, -0.15) is 0 Å². The Morgan fingerprint density at radius 1 is 1.04 bits per heavy atom. The van der Waals surface area contributed by atoms with Crippen LogP contribution in [0.3, 0.4) is 0 Å². The van der Waals surface area contributed by atoms with Crippen LogP contribution in [0.25, 0.3) is 10.9 Å². The van der Waals surface area contributed by atoms with Crippen LogP contribution in [-0.2, 0) is 0 Å². The molecule has 0 unspecified atom stereocenters. The molecule has 5 heteroatoms. The number of hydrogen-bond acceptors (Lipinski definition) is 3. The quantitative estimate of drug-likeness (QED) is 0.507. The van der Waals surface area contributed by atoms with Gasteiger partial charge in [0.25, 0.3) is 0 Å². The van der Waals surface area contributed by atoms with E-state index in [1.165, 1.54) is 0 Å². The molecule has 2 aromatic carbocycles. The number of ether oxygens (including phenoxy) is 2. The molecule has 3 aromatic rings. The van der Waals surface area contributed by atoms with Gasteiger partial charge < -0.3 is 9.47 Å². The van der Waals surface area contributed by atoms with Crippen molar-refractivity contribution in [3.63, 3.8) is 0 Å². The summed E-state index contributed by atoms with van der Waals surface area (Å²) in [5.74, 6) is 1.43. The topological polar surface area (TPSA) is 31.4 Å². The van der Waals surface area contributed by atoms with E-state index in [4.69, 9.17) is 21.1 Å². The van der Waals surface area contributed by atoms with Gasteiger partial charge in [0.05, 0.1) is 9.50 Å². The normalized spacial score (nSPS) is 10.8. The molecule has 24 heavy (non-hydrogen) atoms. The van der Waals surface area contributed by atoms with Gasteiger partial charge in [-0.15, -0.1) is 0 Å². The number of nitrogens with zero attached hydrogens (tertiary/aromatic N) is 1. The van der Waals surface area contributed by atoms with Crippen molar-refractivity contribution >= 4 is 38.4 Å². The van der Waals surface area contributed by atoms with Crippen molar-refractivity contribution in [3.8, 4) is 11.5 Å². The third kappa shape index (κ3) is 3.65. The molecular formula is C19H17BrClNO2. The van der Waals surface area contributed by atoms with Crippen LogP contribution in [-0.4, -0.2) is 18.2 Å². The Morgan fingerprint density at radius 2 is 1.79 bits per heavy atom. The van der Waals surface area contributed by atoms with Crippen molar-refractivity contribution < 1.29 is 9.47 Å². The first-order valence-corrected chi connectivity index (χ1v) is 8.79. The van der Waals surface area contributed by atoms with Gasteiger partial charge in [0, 0.05) is 11.6 Å². The highest BCUT2D eigenvalue weighted by molar-refractivity contribution is 9.10. The van der Waals surface area contributed by atoms with Crippen LogP contribution in [0.5, 0.6) is 11.5 Å². The molecule has 0 N–H and O–H groups in total. The van der Waals surface area contributed by atoms with Gasteiger partial charge >= 0.3 is 0 Å². The Morgan fingerprint density at radius 3 is 2.54 bits per heavy atom. The maximum absolute atomic E-state index is 6.23. The first kappa shape index (κ1) is 17.1. The van der Waals surface area contributed by atoms with E-state index in [1.807, 2.05) is 50.2 Å². The number of benzene rings is 2. The van der Waals surface area contributed by atoms with Crippen LogP contribution in [0.15, 0.2) is 47.1 Å². The van der Waals surface area contributed by atoms with Crippen LogP contribution in [0.2, 0.25) is 5.02 Å². The predicted molar refractivity (Wildman–Crippen MR) is 101 cm³/mol. The molecule has 3 nitrogen and oxygen atoms in total. The van der Waals surface area contributed by atoms with Gasteiger partial charge in [0.1, 0.15) is 24.5 Å². The molecule has 0 aliphatic rings. The van der Waals surface area contributed by atoms with Gasteiger partial charge in [0.15, 0.2) is 5.75 Å². The van der Waals surface area contributed by atoms with Gasteiger partial charge in [-0.25, -0.2) is 0 Å². The lowest BCUT2D eigenvalue weighted by Crippen LogP contribution is -2.10.